The molecule has 0 radical (unpaired) electrons. The first-order valence-electron chi connectivity index (χ1n) is 13.7. The number of nitrogens with zero attached hydrogens (tertiary/aromatic N) is 2. The van der Waals surface area contributed by atoms with Crippen LogP contribution in [0, 0.1) is 0 Å². The van der Waals surface area contributed by atoms with Crippen LogP contribution in [0.25, 0.3) is 0 Å². The zero-order valence-corrected chi connectivity index (χ0v) is 25.3. The van der Waals surface area contributed by atoms with Gasteiger partial charge in [-0.05, 0) is 42.5 Å². The number of methoxy groups -OCH3 is 1. The Morgan fingerprint density at radius 3 is 2.42 bits per heavy atom. The molecule has 0 aromatic heterocycles. The van der Waals surface area contributed by atoms with Gasteiger partial charge in [-0.1, -0.05) is 58.6 Å². The van der Waals surface area contributed by atoms with Gasteiger partial charge in [0, 0.05) is 45.3 Å². The summed E-state index contributed by atoms with van der Waals surface area (Å²) in [6.07, 6.45) is 10.4. The third-order valence-corrected chi connectivity index (χ3v) is 6.30. The molecule has 0 saturated carbocycles. The van der Waals surface area contributed by atoms with Crippen molar-refractivity contribution in [3.8, 4) is 5.75 Å². The molecular weight excluding hydrogens is 506 g/mol. The number of fused-ring (bicyclic) bond motifs is 1. The molecule has 1 aromatic rings. The lowest BCUT2D eigenvalue weighted by molar-refractivity contribution is -0.130. The van der Waals surface area contributed by atoms with E-state index in [-0.39, 0.29) is 30.6 Å². The number of aliphatic imine (C=N–C) groups is 1. The molecule has 40 heavy (non-hydrogen) atoms. The van der Waals surface area contributed by atoms with Crippen LogP contribution in [0.4, 0.5) is 0 Å². The number of nitrogens with one attached hydrogen (secondary N) is 1. The van der Waals surface area contributed by atoms with E-state index < -0.39 is 5.54 Å². The molecule has 1 N–H and O–H groups in total. The number of ketones is 1. The topological polar surface area (TPSA) is 97.3 Å². The predicted octanol–water partition coefficient (Wildman–Crippen LogP) is 5.95. The molecule has 8 nitrogen and oxygen atoms in total. The smallest absolute Gasteiger partial charge is 0.254 e. The van der Waals surface area contributed by atoms with Crippen LogP contribution in [0.3, 0.4) is 0 Å². The van der Waals surface area contributed by atoms with Crippen LogP contribution in [-0.2, 0) is 20.9 Å². The van der Waals surface area contributed by atoms with Crippen molar-refractivity contribution < 1.29 is 23.9 Å². The Morgan fingerprint density at radius 2 is 1.88 bits per heavy atom. The average Bonchev–Trinajstić information content (AvgIpc) is 3.11. The second-order valence-corrected chi connectivity index (χ2v) is 8.92. The fourth-order valence-corrected chi connectivity index (χ4v) is 4.23. The van der Waals surface area contributed by atoms with Gasteiger partial charge in [-0.15, -0.1) is 0 Å². The van der Waals surface area contributed by atoms with Gasteiger partial charge < -0.3 is 24.7 Å². The summed E-state index contributed by atoms with van der Waals surface area (Å²) in [6, 6.07) is 5.36. The molecule has 1 atom stereocenters. The summed E-state index contributed by atoms with van der Waals surface area (Å²) in [7, 11) is 3.30. The lowest BCUT2D eigenvalue weighted by Gasteiger charge is -2.37. The summed E-state index contributed by atoms with van der Waals surface area (Å²) in [4.78, 5) is 44.2. The average molecular weight is 552 g/mol. The minimum Gasteiger partial charge on any atom is -0.497 e. The molecule has 1 aliphatic heterocycles. The Hall–Kier alpha value is -3.94. The van der Waals surface area contributed by atoms with E-state index in [4.69, 9.17) is 9.47 Å². The van der Waals surface area contributed by atoms with Crippen LogP contribution >= 0.6 is 0 Å². The maximum absolute atomic E-state index is 13.4. The molecule has 2 amide bonds. The molecule has 8 heteroatoms. The second kappa shape index (κ2) is 16.9. The highest BCUT2D eigenvalue weighted by atomic mass is 16.5. The number of hydrogen-bond donors (Lipinski definition) is 1. The monoisotopic (exact) mass is 551 g/mol. The summed E-state index contributed by atoms with van der Waals surface area (Å²) in [6.45, 7) is 15.2. The summed E-state index contributed by atoms with van der Waals surface area (Å²) in [5.41, 5.74) is 0.591. The van der Waals surface area contributed by atoms with Gasteiger partial charge in [-0.3, -0.25) is 14.4 Å². The summed E-state index contributed by atoms with van der Waals surface area (Å²) in [5, 5.41) is 2.89. The number of hydrogen-bond acceptors (Lipinski definition) is 6. The molecule has 1 heterocycles. The number of allylic oxidation sites excluding steroid dienone is 4. The number of carbonyl (C=O) groups excluding carboxylic acids is 3. The normalized spacial score (nSPS) is 15.2. The van der Waals surface area contributed by atoms with E-state index in [0.29, 0.717) is 47.8 Å². The van der Waals surface area contributed by atoms with Crippen molar-refractivity contribution in [1.82, 2.24) is 10.2 Å². The van der Waals surface area contributed by atoms with Crippen molar-refractivity contribution >= 4 is 23.8 Å². The predicted molar refractivity (Wildman–Crippen MR) is 161 cm³/mol. The molecule has 0 saturated heterocycles. The first kappa shape index (κ1) is 34.1. The molecule has 0 fully saturated rings. The molecule has 1 aromatic carbocycles. The number of amides is 2. The third kappa shape index (κ3) is 8.79. The standard InChI is InChI=1S/C27H32N2O5.C3H7N.C2H6/c1-6-18(3)34-22-10-8-9-21(12-14-22)27(25(31)7-2,28-19(4)30)17-29-16-20-11-13-23(33-5)15-24(20)26(29)32;1-3-4-2;1-2/h8-9,11-15H,3,6-7,10,16-17H2,1-2,4-5H3,(H,28,30);3H,1-2H3;1-2H3/t27-;;/m0../s1. The molecule has 3 rings (SSSR count). The first-order chi connectivity index (χ1) is 19.1. The Kier molecular flexibility index (Phi) is 14.4. The lowest BCUT2D eigenvalue weighted by atomic mass is 9.82. The van der Waals surface area contributed by atoms with Gasteiger partial charge in [0.15, 0.2) is 5.78 Å². The third-order valence-electron chi connectivity index (χ3n) is 6.30. The molecular formula is C32H45N3O5. The Morgan fingerprint density at radius 1 is 1.20 bits per heavy atom. The quantitative estimate of drug-likeness (QED) is 0.286. The van der Waals surface area contributed by atoms with Gasteiger partial charge in [0.05, 0.1) is 19.4 Å². The summed E-state index contributed by atoms with van der Waals surface area (Å²) in [5.74, 6) is 1.18. The van der Waals surface area contributed by atoms with Crippen LogP contribution in [-0.4, -0.2) is 55.0 Å². The van der Waals surface area contributed by atoms with Gasteiger partial charge in [0.1, 0.15) is 17.0 Å². The van der Waals surface area contributed by atoms with Crippen molar-refractivity contribution in [1.29, 1.82) is 0 Å². The maximum atomic E-state index is 13.4. The fraction of sp³-hybridized carbons (Fsp3) is 0.438. The number of ether oxygens (including phenoxy) is 2. The van der Waals surface area contributed by atoms with Crippen molar-refractivity contribution in [2.45, 2.75) is 72.9 Å². The minimum absolute atomic E-state index is 0.0109. The number of Topliss-reactive ketones (excluding diaryl/α,β-unsaturated/α-hetero) is 1. The van der Waals surface area contributed by atoms with Crippen LogP contribution in [0.1, 0.15) is 76.7 Å². The maximum Gasteiger partial charge on any atom is 0.254 e. The Balaban J connectivity index is 0.00000122. The minimum atomic E-state index is -1.40. The van der Waals surface area contributed by atoms with Crippen LogP contribution in [0.5, 0.6) is 5.75 Å². The molecule has 1 aliphatic carbocycles. The van der Waals surface area contributed by atoms with Crippen molar-refractivity contribution in [3.63, 3.8) is 0 Å². The van der Waals surface area contributed by atoms with Crippen molar-refractivity contribution in [3.05, 3.63) is 77.3 Å². The van der Waals surface area contributed by atoms with Gasteiger partial charge in [-0.2, -0.15) is 0 Å². The zero-order chi connectivity index (χ0) is 30.3. The van der Waals surface area contributed by atoms with Gasteiger partial charge in [-0.25, -0.2) is 0 Å². The van der Waals surface area contributed by atoms with Crippen LogP contribution in [0.2, 0.25) is 0 Å². The van der Waals surface area contributed by atoms with Gasteiger partial charge in [0.2, 0.25) is 5.91 Å². The molecule has 0 bridgehead atoms. The van der Waals surface area contributed by atoms with Crippen molar-refractivity contribution in [2.75, 3.05) is 20.7 Å². The SMILES string of the molecule is C=C(CC)OC1=CC=C([C@](CN2Cc3ccc(OC)cc3C2=O)(NC(C)=O)C(=O)CC)C=CC1.CC.CC=NC. The van der Waals surface area contributed by atoms with Crippen molar-refractivity contribution in [2.24, 2.45) is 4.99 Å². The zero-order valence-electron chi connectivity index (χ0n) is 25.3. The highest BCUT2D eigenvalue weighted by molar-refractivity contribution is 6.01. The highest BCUT2D eigenvalue weighted by Gasteiger charge is 2.45. The van der Waals surface area contributed by atoms with E-state index in [0.717, 1.165) is 5.56 Å². The summed E-state index contributed by atoms with van der Waals surface area (Å²) >= 11 is 0. The van der Waals surface area contributed by atoms with Gasteiger partial charge in [0.25, 0.3) is 5.91 Å². The first-order valence-corrected chi connectivity index (χ1v) is 13.7. The Labute approximate surface area is 239 Å². The fourth-order valence-electron chi connectivity index (χ4n) is 4.23. The van der Waals surface area contributed by atoms with Gasteiger partial charge >= 0.3 is 0 Å². The summed E-state index contributed by atoms with van der Waals surface area (Å²) < 4.78 is 11.0. The van der Waals surface area contributed by atoms with E-state index >= 15 is 0 Å². The van der Waals surface area contributed by atoms with E-state index in [2.05, 4.69) is 16.9 Å². The van der Waals surface area contributed by atoms with E-state index in [1.165, 1.54) is 6.92 Å². The number of rotatable bonds is 10. The molecule has 218 valence electrons. The molecule has 2 aliphatic rings. The second-order valence-electron chi connectivity index (χ2n) is 8.92. The van der Waals surface area contributed by atoms with Crippen LogP contribution < -0.4 is 10.1 Å². The van der Waals surface area contributed by atoms with E-state index in [9.17, 15) is 14.4 Å². The highest BCUT2D eigenvalue weighted by Crippen LogP contribution is 2.32. The Bertz CT molecular complexity index is 1170. The molecule has 0 spiro atoms. The largest absolute Gasteiger partial charge is 0.497 e. The van der Waals surface area contributed by atoms with E-state index in [1.54, 1.807) is 56.5 Å². The lowest BCUT2D eigenvalue weighted by Crippen LogP contribution is -2.61. The van der Waals surface area contributed by atoms with E-state index in [1.807, 2.05) is 45.9 Å². The number of benzene rings is 1. The molecule has 0 unspecified atom stereocenters. The number of carbonyl (C=O) groups is 3. The van der Waals surface area contributed by atoms with Crippen LogP contribution in [0.15, 0.2) is 71.2 Å².